The van der Waals surface area contributed by atoms with Gasteiger partial charge >= 0.3 is 0 Å². The van der Waals surface area contributed by atoms with Gasteiger partial charge in [-0.05, 0) is 6.07 Å². The van der Waals surface area contributed by atoms with E-state index in [1.165, 1.54) is 0 Å². The summed E-state index contributed by atoms with van der Waals surface area (Å²) in [5.41, 5.74) is 3.73. The fraction of sp³-hybridized carbons (Fsp3) is 0. The minimum atomic E-state index is -1.76. The molecule has 0 aliphatic heterocycles. The van der Waals surface area contributed by atoms with Gasteiger partial charge in [0.1, 0.15) is 11.6 Å². The van der Waals surface area contributed by atoms with Crippen molar-refractivity contribution < 1.29 is 18.7 Å². The number of anilines is 1. The summed E-state index contributed by atoms with van der Waals surface area (Å²) in [6.07, 6.45) is 0. The smallest absolute Gasteiger partial charge is 0.137 e. The van der Waals surface area contributed by atoms with Crippen LogP contribution in [0.4, 0.5) is 14.5 Å². The predicted molar refractivity (Wildman–Crippen MR) is 35.1 cm³/mol. The van der Waals surface area contributed by atoms with Gasteiger partial charge in [0.15, 0.2) is 0 Å². The number of aromatic carboxylic acids is 1. The van der Waals surface area contributed by atoms with Crippen molar-refractivity contribution in [2.45, 2.75) is 0 Å². The van der Waals surface area contributed by atoms with Crippen molar-refractivity contribution in [3.05, 3.63) is 29.3 Å². The van der Waals surface area contributed by atoms with E-state index >= 15 is 0 Å². The molecule has 1 aromatic rings. The van der Waals surface area contributed by atoms with Crippen LogP contribution in [0.2, 0.25) is 0 Å². The zero-order valence-corrected chi connectivity index (χ0v) is 5.80. The molecule has 0 amide bonds. The first-order valence-electron chi connectivity index (χ1n) is 2.98. The third-order valence-corrected chi connectivity index (χ3v) is 1.29. The quantitative estimate of drug-likeness (QED) is 0.602. The number of halogens is 2. The lowest BCUT2D eigenvalue weighted by Crippen LogP contribution is -2.25. The molecule has 0 aliphatic carbocycles. The topological polar surface area (TPSA) is 66.2 Å². The van der Waals surface area contributed by atoms with E-state index in [2.05, 4.69) is 0 Å². The molecule has 12 heavy (non-hydrogen) atoms. The summed E-state index contributed by atoms with van der Waals surface area (Å²) in [4.78, 5) is 10.2. The zero-order chi connectivity index (χ0) is 9.30. The third-order valence-electron chi connectivity index (χ3n) is 1.29. The van der Waals surface area contributed by atoms with E-state index in [1.54, 1.807) is 0 Å². The van der Waals surface area contributed by atoms with Crippen molar-refractivity contribution in [2.24, 2.45) is 0 Å². The molecule has 3 nitrogen and oxygen atoms in total. The lowest BCUT2D eigenvalue weighted by Gasteiger charge is -2.07. The van der Waals surface area contributed by atoms with Crippen molar-refractivity contribution in [2.75, 3.05) is 5.73 Å². The number of hydrogen-bond acceptors (Lipinski definition) is 3. The van der Waals surface area contributed by atoms with Gasteiger partial charge in [-0.1, -0.05) is 0 Å². The van der Waals surface area contributed by atoms with Crippen LogP contribution in [0.1, 0.15) is 10.4 Å². The van der Waals surface area contributed by atoms with Crippen molar-refractivity contribution in [1.29, 1.82) is 0 Å². The standard InChI is InChI=1S/C7H5F2NO2/c8-3-1-4(9)6(7(11)12)5(10)2-3/h1-2H,10H2,(H,11,12)/p-1. The summed E-state index contributed by atoms with van der Waals surface area (Å²) in [6, 6.07) is 1.15. The first-order valence-corrected chi connectivity index (χ1v) is 2.98. The van der Waals surface area contributed by atoms with Crippen molar-refractivity contribution in [3.8, 4) is 0 Å². The Bertz CT molecular complexity index is 315. The van der Waals surface area contributed by atoms with Crippen LogP contribution in [0, 0.1) is 11.6 Å². The van der Waals surface area contributed by atoms with Crippen LogP contribution in [0.15, 0.2) is 12.1 Å². The maximum Gasteiger partial charge on any atom is 0.137 e. The van der Waals surface area contributed by atoms with Gasteiger partial charge in [-0.25, -0.2) is 8.78 Å². The van der Waals surface area contributed by atoms with Crippen LogP contribution in [0.25, 0.3) is 0 Å². The molecule has 0 fully saturated rings. The minimum absolute atomic E-state index is 0.432. The average molecular weight is 172 g/mol. The normalized spacial score (nSPS) is 9.83. The second kappa shape index (κ2) is 2.77. The van der Waals surface area contributed by atoms with E-state index in [1.807, 2.05) is 0 Å². The Morgan fingerprint density at radius 2 is 2.00 bits per heavy atom. The number of rotatable bonds is 1. The Labute approximate surface area is 66.4 Å². The lowest BCUT2D eigenvalue weighted by atomic mass is 10.1. The van der Waals surface area contributed by atoms with Crippen molar-refractivity contribution >= 4 is 11.7 Å². The molecule has 0 saturated heterocycles. The summed E-state index contributed by atoms with van der Waals surface area (Å²) < 4.78 is 25.0. The summed E-state index contributed by atoms with van der Waals surface area (Å²) >= 11 is 0. The SMILES string of the molecule is Nc1cc(F)cc(F)c1C(=O)[O-]. The molecule has 0 saturated carbocycles. The predicted octanol–water partition coefficient (Wildman–Crippen LogP) is -0.0895. The van der Waals surface area contributed by atoms with Gasteiger partial charge in [-0.2, -0.15) is 0 Å². The summed E-state index contributed by atoms with van der Waals surface area (Å²) in [7, 11) is 0. The van der Waals surface area contributed by atoms with Crippen LogP contribution in [0.3, 0.4) is 0 Å². The molecule has 1 rings (SSSR count). The number of carboxylic acid groups (broad SMARTS) is 1. The van der Waals surface area contributed by atoms with Gasteiger partial charge in [0.05, 0.1) is 11.5 Å². The molecule has 0 bridgehead atoms. The molecule has 0 atom stereocenters. The first kappa shape index (κ1) is 8.45. The first-order chi connectivity index (χ1) is 5.52. The van der Waals surface area contributed by atoms with Gasteiger partial charge in [-0.15, -0.1) is 0 Å². The molecule has 0 heterocycles. The highest BCUT2D eigenvalue weighted by Crippen LogP contribution is 2.16. The molecule has 0 radical (unpaired) electrons. The van der Waals surface area contributed by atoms with Gasteiger partial charge in [0, 0.05) is 11.8 Å². The second-order valence-electron chi connectivity index (χ2n) is 2.14. The molecule has 0 aromatic heterocycles. The van der Waals surface area contributed by atoms with Gasteiger partial charge < -0.3 is 15.6 Å². The fourth-order valence-corrected chi connectivity index (χ4v) is 0.809. The van der Waals surface area contributed by atoms with E-state index in [0.29, 0.717) is 12.1 Å². The molecule has 0 unspecified atom stereocenters. The number of carbonyl (C=O) groups excluding carboxylic acids is 1. The molecule has 1 aromatic carbocycles. The van der Waals surface area contributed by atoms with Gasteiger partial charge in [0.2, 0.25) is 0 Å². The monoisotopic (exact) mass is 172 g/mol. The van der Waals surface area contributed by atoms with Crippen LogP contribution in [0.5, 0.6) is 0 Å². The fourth-order valence-electron chi connectivity index (χ4n) is 0.809. The van der Waals surface area contributed by atoms with Crippen LogP contribution in [-0.2, 0) is 0 Å². The second-order valence-corrected chi connectivity index (χ2v) is 2.14. The molecule has 2 N–H and O–H groups in total. The van der Waals surface area contributed by atoms with Gasteiger partial charge in [0.25, 0.3) is 0 Å². The number of nitrogens with two attached hydrogens (primary N) is 1. The molecule has 5 heteroatoms. The third kappa shape index (κ3) is 1.34. The molecule has 64 valence electrons. The molecule has 0 aliphatic rings. The number of benzene rings is 1. The van der Waals surface area contributed by atoms with E-state index < -0.39 is 28.9 Å². The van der Waals surface area contributed by atoms with Crippen molar-refractivity contribution in [1.82, 2.24) is 0 Å². The van der Waals surface area contributed by atoms with Crippen LogP contribution < -0.4 is 10.8 Å². The Kier molecular flexibility index (Phi) is 1.95. The summed E-state index contributed by atoms with van der Waals surface area (Å²) in [6.45, 7) is 0. The van der Waals surface area contributed by atoms with Crippen LogP contribution >= 0.6 is 0 Å². The maximum atomic E-state index is 12.6. The number of carbonyl (C=O) groups is 1. The zero-order valence-electron chi connectivity index (χ0n) is 5.80. The van der Waals surface area contributed by atoms with Gasteiger partial charge in [-0.3, -0.25) is 0 Å². The largest absolute Gasteiger partial charge is 0.545 e. The number of carboxylic acids is 1. The molecular formula is C7H4F2NO2-. The van der Waals surface area contributed by atoms with Crippen LogP contribution in [-0.4, -0.2) is 5.97 Å². The molecular weight excluding hydrogens is 168 g/mol. The summed E-state index contributed by atoms with van der Waals surface area (Å²) in [5, 5.41) is 10.2. The highest BCUT2D eigenvalue weighted by Gasteiger charge is 2.09. The maximum absolute atomic E-state index is 12.6. The average Bonchev–Trinajstić information content (AvgIpc) is 1.82. The highest BCUT2D eigenvalue weighted by atomic mass is 19.1. The van der Waals surface area contributed by atoms with Crippen molar-refractivity contribution in [3.63, 3.8) is 0 Å². The highest BCUT2D eigenvalue weighted by molar-refractivity contribution is 5.92. The van der Waals surface area contributed by atoms with E-state index in [9.17, 15) is 18.7 Å². The Morgan fingerprint density at radius 1 is 1.42 bits per heavy atom. The Hall–Kier alpha value is -1.65. The number of nitrogen functional groups attached to an aromatic ring is 1. The number of hydrogen-bond donors (Lipinski definition) is 1. The van der Waals surface area contributed by atoms with E-state index in [4.69, 9.17) is 5.73 Å². The Balaban J connectivity index is 3.38. The van der Waals surface area contributed by atoms with E-state index in [-0.39, 0.29) is 0 Å². The van der Waals surface area contributed by atoms with E-state index in [0.717, 1.165) is 0 Å². The Morgan fingerprint density at radius 3 is 2.42 bits per heavy atom. The molecule has 0 spiro atoms. The lowest BCUT2D eigenvalue weighted by molar-refractivity contribution is -0.255. The summed E-state index contributed by atoms with van der Waals surface area (Å²) in [5.74, 6) is -3.91. The minimum Gasteiger partial charge on any atom is -0.545 e.